The van der Waals surface area contributed by atoms with Crippen LogP contribution in [0.25, 0.3) is 0 Å². The zero-order chi connectivity index (χ0) is 17.1. The fourth-order valence-corrected chi connectivity index (χ4v) is 2.19. The summed E-state index contributed by atoms with van der Waals surface area (Å²) in [6.45, 7) is 0. The highest BCUT2D eigenvalue weighted by Crippen LogP contribution is 2.23. The highest BCUT2D eigenvalue weighted by atomic mass is 16.7. The highest BCUT2D eigenvalue weighted by Gasteiger charge is 2.33. The first kappa shape index (κ1) is 16.6. The Morgan fingerprint density at radius 1 is 1.43 bits per heavy atom. The van der Waals surface area contributed by atoms with E-state index in [0.29, 0.717) is 10.8 Å². The third-order valence-electron chi connectivity index (χ3n) is 3.30. The van der Waals surface area contributed by atoms with Crippen LogP contribution in [0.15, 0.2) is 18.2 Å². The summed E-state index contributed by atoms with van der Waals surface area (Å²) in [6.07, 6.45) is -1.79. The van der Waals surface area contributed by atoms with Crippen molar-refractivity contribution in [2.45, 2.75) is 19.1 Å². The van der Waals surface area contributed by atoms with Gasteiger partial charge in [0.15, 0.2) is 6.23 Å². The quantitative estimate of drug-likeness (QED) is 0.730. The lowest BCUT2D eigenvalue weighted by molar-refractivity contribution is -0.187. The second kappa shape index (κ2) is 6.53. The normalized spacial score (nSPS) is 17.1. The minimum absolute atomic E-state index is 0.109. The Labute approximate surface area is 132 Å². The molecule has 23 heavy (non-hydrogen) atoms. The van der Waals surface area contributed by atoms with Crippen molar-refractivity contribution in [3.8, 4) is 0 Å². The number of aliphatic hydroxyl groups is 1. The van der Waals surface area contributed by atoms with E-state index in [2.05, 4.69) is 5.32 Å². The number of carbonyl (C=O) groups is 3. The van der Waals surface area contributed by atoms with Gasteiger partial charge in [0.1, 0.15) is 0 Å². The van der Waals surface area contributed by atoms with Crippen molar-refractivity contribution in [3.05, 3.63) is 23.8 Å². The third-order valence-corrected chi connectivity index (χ3v) is 3.30. The van der Waals surface area contributed by atoms with Crippen LogP contribution in [0.1, 0.15) is 23.2 Å². The number of hydroxylamine groups is 2. The summed E-state index contributed by atoms with van der Waals surface area (Å²) < 4.78 is 0. The highest BCUT2D eigenvalue weighted by molar-refractivity contribution is 6.00. The fraction of sp³-hybridized carbons (Fsp3) is 0.357. The smallest absolute Gasteiger partial charge is 0.377 e. The van der Waals surface area contributed by atoms with E-state index in [0.717, 1.165) is 0 Å². The number of hydrogen-bond donors (Lipinski definition) is 3. The lowest BCUT2D eigenvalue weighted by atomic mass is 10.1. The van der Waals surface area contributed by atoms with Crippen LogP contribution in [0.3, 0.4) is 0 Å². The Kier molecular flexibility index (Phi) is 4.70. The second-order valence-electron chi connectivity index (χ2n) is 5.23. The van der Waals surface area contributed by atoms with Crippen molar-refractivity contribution in [1.82, 2.24) is 5.06 Å². The number of nitrogens with one attached hydrogen (secondary N) is 1. The zero-order valence-corrected chi connectivity index (χ0v) is 12.8. The first-order valence-corrected chi connectivity index (χ1v) is 6.90. The van der Waals surface area contributed by atoms with Crippen LogP contribution in [0.5, 0.6) is 0 Å². The number of primary amides is 1. The van der Waals surface area contributed by atoms with Crippen molar-refractivity contribution in [2.75, 3.05) is 24.3 Å². The van der Waals surface area contributed by atoms with E-state index in [4.69, 9.17) is 10.6 Å². The summed E-state index contributed by atoms with van der Waals surface area (Å²) in [5, 5.41) is 12.5. The summed E-state index contributed by atoms with van der Waals surface area (Å²) in [4.78, 5) is 41.2. The van der Waals surface area contributed by atoms with Crippen molar-refractivity contribution in [1.29, 1.82) is 0 Å². The molecular formula is C14H18N4O5. The molecule has 0 aliphatic carbocycles. The van der Waals surface area contributed by atoms with Gasteiger partial charge in [0, 0.05) is 38.3 Å². The molecule has 1 aliphatic rings. The zero-order valence-electron chi connectivity index (χ0n) is 12.8. The van der Waals surface area contributed by atoms with Gasteiger partial charge in [-0.25, -0.2) is 4.79 Å². The molecule has 1 fully saturated rings. The number of carbonyl (C=O) groups excluding carboxylic acids is 3. The maximum Gasteiger partial charge on any atom is 0.436 e. The number of amides is 3. The molecule has 1 heterocycles. The van der Waals surface area contributed by atoms with Crippen LogP contribution in [0.2, 0.25) is 0 Å². The summed E-state index contributed by atoms with van der Waals surface area (Å²) in [7, 11) is 3.51. The summed E-state index contributed by atoms with van der Waals surface area (Å²) in [5.74, 6) is -1.12. The number of nitrogens with two attached hydrogens (primary N) is 1. The largest absolute Gasteiger partial charge is 0.436 e. The van der Waals surface area contributed by atoms with E-state index in [9.17, 15) is 19.5 Å². The molecule has 0 saturated carbocycles. The second-order valence-corrected chi connectivity index (χ2v) is 5.23. The Hall–Kier alpha value is -2.81. The first-order valence-electron chi connectivity index (χ1n) is 6.90. The van der Waals surface area contributed by atoms with Crippen LogP contribution in [-0.4, -0.2) is 48.4 Å². The number of benzene rings is 1. The fourth-order valence-electron chi connectivity index (χ4n) is 2.19. The molecule has 2 rings (SSSR count). The molecule has 0 aromatic heterocycles. The molecule has 4 N–H and O–H groups in total. The van der Waals surface area contributed by atoms with Gasteiger partial charge in [-0.3, -0.25) is 14.9 Å². The minimum Gasteiger partial charge on any atom is -0.377 e. The number of aliphatic hydroxyl groups excluding tert-OH is 1. The molecule has 3 amide bonds. The average molecular weight is 322 g/mol. The van der Waals surface area contributed by atoms with E-state index < -0.39 is 24.1 Å². The predicted octanol–water partition coefficient (Wildman–Crippen LogP) is 0.256. The van der Waals surface area contributed by atoms with E-state index in [1.54, 1.807) is 31.1 Å². The van der Waals surface area contributed by atoms with Gasteiger partial charge < -0.3 is 20.6 Å². The Morgan fingerprint density at radius 2 is 2.13 bits per heavy atom. The molecule has 124 valence electrons. The van der Waals surface area contributed by atoms with Gasteiger partial charge in [-0.1, -0.05) is 0 Å². The lowest BCUT2D eigenvalue weighted by Crippen LogP contribution is -2.36. The maximum atomic E-state index is 11.8. The van der Waals surface area contributed by atoms with Crippen molar-refractivity contribution in [3.63, 3.8) is 0 Å². The number of rotatable bonds is 4. The van der Waals surface area contributed by atoms with E-state index in [1.165, 1.54) is 6.07 Å². The summed E-state index contributed by atoms with van der Waals surface area (Å²) in [5.41, 5.74) is 6.42. The van der Waals surface area contributed by atoms with Crippen molar-refractivity contribution < 1.29 is 24.3 Å². The topological polar surface area (TPSA) is 125 Å². The molecule has 0 radical (unpaired) electrons. The van der Waals surface area contributed by atoms with Gasteiger partial charge in [-0.15, -0.1) is 5.06 Å². The SMILES string of the molecule is CN(C)c1ccc(NC(=O)ON2C(=O)CCC2O)cc1C(N)=O. The molecule has 1 unspecified atom stereocenters. The van der Waals surface area contributed by atoms with Crippen LogP contribution >= 0.6 is 0 Å². The Morgan fingerprint density at radius 3 is 2.65 bits per heavy atom. The lowest BCUT2D eigenvalue weighted by Gasteiger charge is -2.20. The standard InChI is InChI=1S/C14H18N4O5/c1-17(2)10-4-3-8(7-9(10)13(15)21)16-14(22)23-18-11(19)5-6-12(18)20/h3-4,7,11,19H,5-6H2,1-2H3,(H2,15,21)(H,16,22). The molecule has 0 bridgehead atoms. The van der Waals surface area contributed by atoms with E-state index >= 15 is 0 Å². The molecule has 9 heteroatoms. The number of nitrogens with zero attached hydrogens (tertiary/aromatic N) is 2. The van der Waals surface area contributed by atoms with Gasteiger partial charge in [0.2, 0.25) is 0 Å². The van der Waals surface area contributed by atoms with Gasteiger partial charge in [0.05, 0.1) is 5.56 Å². The Bertz CT molecular complexity index is 646. The maximum absolute atomic E-state index is 11.8. The third kappa shape index (κ3) is 3.69. The molecule has 1 aliphatic heterocycles. The molecule has 9 nitrogen and oxygen atoms in total. The molecule has 1 aromatic rings. The van der Waals surface area contributed by atoms with E-state index in [1.807, 2.05) is 0 Å². The van der Waals surface area contributed by atoms with Crippen LogP contribution in [0.4, 0.5) is 16.2 Å². The monoisotopic (exact) mass is 322 g/mol. The first-order chi connectivity index (χ1) is 10.8. The van der Waals surface area contributed by atoms with Crippen molar-refractivity contribution in [2.24, 2.45) is 5.73 Å². The van der Waals surface area contributed by atoms with Crippen LogP contribution in [0, 0.1) is 0 Å². The number of anilines is 2. The predicted molar refractivity (Wildman–Crippen MR) is 81.5 cm³/mol. The molecular weight excluding hydrogens is 304 g/mol. The summed E-state index contributed by atoms with van der Waals surface area (Å²) in [6, 6.07) is 4.58. The van der Waals surface area contributed by atoms with Gasteiger partial charge >= 0.3 is 6.09 Å². The molecule has 0 spiro atoms. The van der Waals surface area contributed by atoms with Gasteiger partial charge in [0.25, 0.3) is 11.8 Å². The molecule has 1 aromatic carbocycles. The molecule has 1 atom stereocenters. The van der Waals surface area contributed by atoms with E-state index in [-0.39, 0.29) is 24.1 Å². The average Bonchev–Trinajstić information content (AvgIpc) is 2.78. The van der Waals surface area contributed by atoms with Crippen LogP contribution in [-0.2, 0) is 9.63 Å². The Balaban J connectivity index is 2.10. The summed E-state index contributed by atoms with van der Waals surface area (Å²) >= 11 is 0. The van der Waals surface area contributed by atoms with Gasteiger partial charge in [-0.2, -0.15) is 0 Å². The minimum atomic E-state index is -1.15. The van der Waals surface area contributed by atoms with Crippen LogP contribution < -0.4 is 16.0 Å². The molecule has 1 saturated heterocycles. The van der Waals surface area contributed by atoms with Crippen molar-refractivity contribution >= 4 is 29.3 Å². The number of hydrogen-bond acceptors (Lipinski definition) is 6. The van der Waals surface area contributed by atoms with Gasteiger partial charge in [-0.05, 0) is 18.2 Å².